The fraction of sp³-hybridized carbons (Fsp3) is 0.667. The molecular formula is C24H44NO6P. The van der Waals surface area contributed by atoms with Crippen molar-refractivity contribution in [2.45, 2.75) is 51.6 Å². The Morgan fingerprint density at radius 2 is 1.44 bits per heavy atom. The van der Waals surface area contributed by atoms with Crippen molar-refractivity contribution < 1.29 is 32.8 Å². The van der Waals surface area contributed by atoms with Crippen LogP contribution in [-0.2, 0) is 18.3 Å². The minimum Gasteiger partial charge on any atom is -0.756 e. The van der Waals surface area contributed by atoms with Gasteiger partial charge in [0.25, 0.3) is 7.82 Å². The first-order valence-corrected chi connectivity index (χ1v) is 12.9. The van der Waals surface area contributed by atoms with E-state index in [1.165, 1.54) is 0 Å². The molecule has 0 aromatic rings. The molecule has 0 aliphatic rings. The van der Waals surface area contributed by atoms with E-state index in [1.54, 1.807) is 0 Å². The number of allylic oxidation sites excluding steroid dienone is 8. The van der Waals surface area contributed by atoms with E-state index >= 15 is 0 Å². The number of hydrogen-bond donors (Lipinski definition) is 1. The van der Waals surface area contributed by atoms with Gasteiger partial charge in [-0.2, -0.15) is 0 Å². The number of phosphoric acid groups is 1. The molecule has 0 saturated heterocycles. The summed E-state index contributed by atoms with van der Waals surface area (Å²) in [6, 6.07) is 0. The molecule has 0 aliphatic carbocycles. The van der Waals surface area contributed by atoms with E-state index in [0.29, 0.717) is 17.6 Å². The van der Waals surface area contributed by atoms with Crippen LogP contribution in [0.25, 0.3) is 0 Å². The molecule has 32 heavy (non-hydrogen) atoms. The SMILES string of the molecule is CC/C=C\C/C=C\C/C=C\C/C=C\CCCOCC(O)COP(=O)([O-])OCC[N+](C)(C)C. The molecular weight excluding hydrogens is 429 g/mol. The van der Waals surface area contributed by atoms with Crippen molar-refractivity contribution in [1.29, 1.82) is 0 Å². The number of aliphatic hydroxyl groups excluding tert-OH is 1. The molecule has 0 bridgehead atoms. The molecule has 186 valence electrons. The van der Waals surface area contributed by atoms with Gasteiger partial charge in [-0.15, -0.1) is 0 Å². The number of phosphoric ester groups is 1. The smallest absolute Gasteiger partial charge is 0.268 e. The van der Waals surface area contributed by atoms with Gasteiger partial charge in [0.15, 0.2) is 0 Å². The number of quaternary nitrogens is 1. The summed E-state index contributed by atoms with van der Waals surface area (Å²) in [4.78, 5) is 11.7. The highest BCUT2D eigenvalue weighted by atomic mass is 31.2. The van der Waals surface area contributed by atoms with E-state index in [0.717, 1.165) is 38.5 Å². The molecule has 0 saturated carbocycles. The van der Waals surface area contributed by atoms with Crippen molar-refractivity contribution in [2.24, 2.45) is 0 Å². The van der Waals surface area contributed by atoms with E-state index in [4.69, 9.17) is 13.8 Å². The van der Waals surface area contributed by atoms with Crippen LogP contribution in [0.4, 0.5) is 0 Å². The van der Waals surface area contributed by atoms with Crippen molar-refractivity contribution in [1.82, 2.24) is 0 Å². The van der Waals surface area contributed by atoms with Gasteiger partial charge in [0.05, 0.1) is 34.4 Å². The molecule has 7 nitrogen and oxygen atoms in total. The fourth-order valence-electron chi connectivity index (χ4n) is 2.31. The lowest BCUT2D eigenvalue weighted by molar-refractivity contribution is -0.870. The zero-order chi connectivity index (χ0) is 24.1. The molecule has 0 radical (unpaired) electrons. The molecule has 0 heterocycles. The number of ether oxygens (including phenoxy) is 1. The Bertz CT molecular complexity index is 610. The number of likely N-dealkylation sites (N-methyl/N-ethyl adjacent to an activating group) is 1. The Morgan fingerprint density at radius 3 is 2.00 bits per heavy atom. The zero-order valence-electron chi connectivity index (χ0n) is 20.4. The first kappa shape index (κ1) is 30.9. The van der Waals surface area contributed by atoms with Crippen molar-refractivity contribution in [3.8, 4) is 0 Å². The summed E-state index contributed by atoms with van der Waals surface area (Å²) in [5, 5.41) is 9.78. The lowest BCUT2D eigenvalue weighted by Gasteiger charge is -2.27. The maximum absolute atomic E-state index is 11.7. The predicted octanol–water partition coefficient (Wildman–Crippen LogP) is 4.16. The zero-order valence-corrected chi connectivity index (χ0v) is 21.3. The largest absolute Gasteiger partial charge is 0.756 e. The average Bonchev–Trinajstić information content (AvgIpc) is 2.71. The Kier molecular flexibility index (Phi) is 18.8. The topological polar surface area (TPSA) is 88.0 Å². The number of hydrogen-bond acceptors (Lipinski definition) is 6. The molecule has 2 atom stereocenters. The average molecular weight is 474 g/mol. The highest BCUT2D eigenvalue weighted by molar-refractivity contribution is 7.45. The maximum Gasteiger partial charge on any atom is 0.268 e. The van der Waals surface area contributed by atoms with Crippen molar-refractivity contribution in [3.05, 3.63) is 48.6 Å². The molecule has 0 aliphatic heterocycles. The normalized spacial score (nSPS) is 16.1. The highest BCUT2D eigenvalue weighted by Gasteiger charge is 2.15. The van der Waals surface area contributed by atoms with Gasteiger partial charge in [-0.1, -0.05) is 55.5 Å². The Morgan fingerprint density at radius 1 is 0.875 bits per heavy atom. The van der Waals surface area contributed by atoms with Gasteiger partial charge < -0.3 is 28.3 Å². The summed E-state index contributed by atoms with van der Waals surface area (Å²) in [6.07, 6.45) is 21.9. The van der Waals surface area contributed by atoms with Crippen molar-refractivity contribution in [2.75, 3.05) is 54.1 Å². The van der Waals surface area contributed by atoms with E-state index in [-0.39, 0.29) is 19.8 Å². The minimum atomic E-state index is -4.41. The van der Waals surface area contributed by atoms with Crippen LogP contribution in [-0.4, -0.2) is 69.8 Å². The number of nitrogens with zero attached hydrogens (tertiary/aromatic N) is 1. The van der Waals surface area contributed by atoms with Crippen LogP contribution >= 0.6 is 7.82 Å². The van der Waals surface area contributed by atoms with Crippen LogP contribution in [0.3, 0.4) is 0 Å². The fourth-order valence-corrected chi connectivity index (χ4v) is 3.04. The lowest BCUT2D eigenvalue weighted by atomic mass is 10.2. The summed E-state index contributed by atoms with van der Waals surface area (Å²) in [5.74, 6) is 0. The molecule has 0 rings (SSSR count). The van der Waals surface area contributed by atoms with Gasteiger partial charge in [0.1, 0.15) is 19.3 Å². The molecule has 0 amide bonds. The Balaban J connectivity index is 3.65. The Labute approximate surface area is 195 Å². The molecule has 0 aromatic heterocycles. The molecule has 0 spiro atoms. The van der Waals surface area contributed by atoms with Crippen LogP contribution in [0.2, 0.25) is 0 Å². The van der Waals surface area contributed by atoms with Crippen LogP contribution in [0, 0.1) is 0 Å². The van der Waals surface area contributed by atoms with Gasteiger partial charge >= 0.3 is 0 Å². The third-order valence-corrected chi connectivity index (χ3v) is 5.09. The van der Waals surface area contributed by atoms with E-state index < -0.39 is 13.9 Å². The summed E-state index contributed by atoms with van der Waals surface area (Å²) in [6.45, 7) is 2.83. The first-order valence-electron chi connectivity index (χ1n) is 11.4. The molecule has 8 heteroatoms. The van der Waals surface area contributed by atoms with E-state index in [9.17, 15) is 14.6 Å². The summed E-state index contributed by atoms with van der Waals surface area (Å²) in [5.41, 5.74) is 0. The van der Waals surface area contributed by atoms with Crippen LogP contribution in [0.5, 0.6) is 0 Å². The Hall–Kier alpha value is -1.05. The van der Waals surface area contributed by atoms with Crippen LogP contribution in [0.1, 0.15) is 45.4 Å². The lowest BCUT2D eigenvalue weighted by Crippen LogP contribution is -2.37. The van der Waals surface area contributed by atoms with Gasteiger partial charge in [-0.25, -0.2) is 0 Å². The van der Waals surface area contributed by atoms with Crippen LogP contribution in [0.15, 0.2) is 48.6 Å². The molecule has 0 aromatic carbocycles. The first-order chi connectivity index (χ1) is 15.2. The molecule has 1 N–H and O–H groups in total. The van der Waals surface area contributed by atoms with E-state index in [1.807, 2.05) is 21.1 Å². The van der Waals surface area contributed by atoms with Crippen LogP contribution < -0.4 is 4.89 Å². The standard InChI is InChI=1S/C24H44NO6P/c1-5-6-7-8-9-10-11-12-13-14-15-16-17-18-20-29-22-24(26)23-31-32(27,28)30-21-19-25(2,3)4/h6-7,9-10,12-13,15-16,24,26H,5,8,11,14,17-23H2,1-4H3/b7-6-,10-9-,13-12-,16-15-. The minimum absolute atomic E-state index is 0.0209. The van der Waals surface area contributed by atoms with Gasteiger partial charge in [-0.3, -0.25) is 4.57 Å². The molecule has 0 fully saturated rings. The molecule has 2 unspecified atom stereocenters. The van der Waals surface area contributed by atoms with Gasteiger partial charge in [-0.05, 0) is 38.5 Å². The second kappa shape index (κ2) is 19.4. The van der Waals surface area contributed by atoms with Crippen molar-refractivity contribution in [3.63, 3.8) is 0 Å². The summed E-state index contributed by atoms with van der Waals surface area (Å²) in [7, 11) is 1.39. The summed E-state index contributed by atoms with van der Waals surface area (Å²) >= 11 is 0. The second-order valence-electron chi connectivity index (χ2n) is 8.46. The predicted molar refractivity (Wildman–Crippen MR) is 129 cm³/mol. The maximum atomic E-state index is 11.7. The quantitative estimate of drug-likeness (QED) is 0.124. The summed E-state index contributed by atoms with van der Waals surface area (Å²) < 4.78 is 27.1. The van der Waals surface area contributed by atoms with E-state index in [2.05, 4.69) is 55.5 Å². The number of rotatable bonds is 20. The van der Waals surface area contributed by atoms with Gasteiger partial charge in [0.2, 0.25) is 0 Å². The number of aliphatic hydroxyl groups is 1. The second-order valence-corrected chi connectivity index (χ2v) is 9.87. The number of unbranched alkanes of at least 4 members (excludes halogenated alkanes) is 1. The van der Waals surface area contributed by atoms with Gasteiger partial charge in [0, 0.05) is 6.61 Å². The third-order valence-electron chi connectivity index (χ3n) is 4.13. The highest BCUT2D eigenvalue weighted by Crippen LogP contribution is 2.38. The third kappa shape index (κ3) is 23.6. The van der Waals surface area contributed by atoms with Crippen molar-refractivity contribution >= 4 is 7.82 Å². The monoisotopic (exact) mass is 473 g/mol.